The van der Waals surface area contributed by atoms with Gasteiger partial charge in [-0.05, 0) is 40.6 Å². The smallest absolute Gasteiger partial charge is 0.419 e. The fraction of sp³-hybridized carbons (Fsp3) is 0.214. The summed E-state index contributed by atoms with van der Waals surface area (Å²) in [4.78, 5) is 10.8. The number of carbonyl (C=O) groups is 1. The van der Waals surface area contributed by atoms with Crippen molar-refractivity contribution >= 4 is 17.3 Å². The lowest BCUT2D eigenvalue weighted by molar-refractivity contribution is -0.138. The van der Waals surface area contributed by atoms with E-state index in [0.717, 1.165) is 17.7 Å². The van der Waals surface area contributed by atoms with E-state index in [1.807, 2.05) is 16.8 Å². The lowest BCUT2D eigenvalue weighted by Gasteiger charge is -2.14. The Kier molecular flexibility index (Phi) is 4.52. The van der Waals surface area contributed by atoms with Gasteiger partial charge >= 0.3 is 12.1 Å². The number of hydrogen-bond donors (Lipinski definition) is 1. The number of hydrogen-bond acceptors (Lipinski definition) is 3. The second kappa shape index (κ2) is 6.17. The quantitative estimate of drug-likeness (QED) is 0.904. The molecular weight excluding hydrogens is 305 g/mol. The first-order chi connectivity index (χ1) is 9.88. The van der Waals surface area contributed by atoms with Crippen molar-refractivity contribution in [2.24, 2.45) is 0 Å². The molecule has 0 saturated heterocycles. The normalized spacial score (nSPS) is 11.4. The Morgan fingerprint density at radius 2 is 2.05 bits per heavy atom. The van der Waals surface area contributed by atoms with Gasteiger partial charge in [-0.1, -0.05) is 0 Å². The number of ether oxygens (including phenoxy) is 1. The molecule has 0 spiro atoms. The number of thiophene rings is 1. The average molecular weight is 316 g/mol. The highest BCUT2D eigenvalue weighted by molar-refractivity contribution is 7.07. The molecular formula is C14H11F3O3S. The lowest BCUT2D eigenvalue weighted by Crippen LogP contribution is -2.12. The number of aromatic carboxylic acids is 1. The van der Waals surface area contributed by atoms with Crippen LogP contribution in [0.1, 0.15) is 21.5 Å². The second-order valence-electron chi connectivity index (χ2n) is 4.24. The third-order valence-corrected chi connectivity index (χ3v) is 3.49. The van der Waals surface area contributed by atoms with E-state index in [9.17, 15) is 18.0 Å². The minimum Gasteiger partial charge on any atom is -0.493 e. The van der Waals surface area contributed by atoms with Crippen LogP contribution in [0.3, 0.4) is 0 Å². The van der Waals surface area contributed by atoms with Crippen LogP contribution in [0.2, 0.25) is 0 Å². The van der Waals surface area contributed by atoms with Crippen molar-refractivity contribution in [3.8, 4) is 5.75 Å². The first-order valence-corrected chi connectivity index (χ1v) is 6.90. The molecule has 2 aromatic rings. The number of carboxylic acids is 1. The summed E-state index contributed by atoms with van der Waals surface area (Å²) < 4.78 is 43.9. The van der Waals surface area contributed by atoms with Crippen molar-refractivity contribution in [2.45, 2.75) is 12.6 Å². The van der Waals surface area contributed by atoms with Gasteiger partial charge in [-0.3, -0.25) is 0 Å². The fourth-order valence-corrected chi connectivity index (χ4v) is 2.43. The minimum absolute atomic E-state index is 0.0895. The monoisotopic (exact) mass is 316 g/mol. The van der Waals surface area contributed by atoms with Gasteiger partial charge in [0.1, 0.15) is 5.75 Å². The molecule has 21 heavy (non-hydrogen) atoms. The van der Waals surface area contributed by atoms with Gasteiger partial charge in [0, 0.05) is 6.42 Å². The van der Waals surface area contributed by atoms with Crippen molar-refractivity contribution in [1.29, 1.82) is 0 Å². The van der Waals surface area contributed by atoms with Gasteiger partial charge in [-0.25, -0.2) is 4.79 Å². The van der Waals surface area contributed by atoms with Crippen LogP contribution in [0.4, 0.5) is 13.2 Å². The maximum atomic E-state index is 12.9. The molecule has 1 heterocycles. The van der Waals surface area contributed by atoms with Crippen LogP contribution in [0, 0.1) is 0 Å². The molecule has 0 aliphatic rings. The number of benzene rings is 1. The zero-order valence-corrected chi connectivity index (χ0v) is 11.5. The summed E-state index contributed by atoms with van der Waals surface area (Å²) >= 11 is 1.50. The van der Waals surface area contributed by atoms with Crippen LogP contribution >= 0.6 is 11.3 Å². The molecule has 0 saturated carbocycles. The molecule has 0 aliphatic carbocycles. The Hall–Kier alpha value is -2.02. The largest absolute Gasteiger partial charge is 0.493 e. The van der Waals surface area contributed by atoms with Crippen LogP contribution in [0.25, 0.3) is 0 Å². The predicted molar refractivity (Wildman–Crippen MR) is 71.9 cm³/mol. The van der Waals surface area contributed by atoms with Gasteiger partial charge in [0.05, 0.1) is 17.7 Å². The van der Waals surface area contributed by atoms with Crippen molar-refractivity contribution in [2.75, 3.05) is 6.61 Å². The highest BCUT2D eigenvalue weighted by atomic mass is 32.1. The van der Waals surface area contributed by atoms with Crippen LogP contribution in [0.5, 0.6) is 5.75 Å². The molecule has 2 rings (SSSR count). The van der Waals surface area contributed by atoms with Gasteiger partial charge in [-0.15, -0.1) is 0 Å². The maximum Gasteiger partial charge on any atom is 0.419 e. The standard InChI is InChI=1S/C14H11F3O3S/c15-14(16,17)11-7-10(13(18)19)1-2-12(11)20-5-3-9-4-6-21-8-9/h1-2,4,6-8H,3,5H2,(H,18,19). The van der Waals surface area contributed by atoms with Crippen LogP contribution < -0.4 is 4.74 Å². The summed E-state index contributed by atoms with van der Waals surface area (Å²) in [5, 5.41) is 12.5. The number of halogens is 3. The molecule has 0 aliphatic heterocycles. The lowest BCUT2D eigenvalue weighted by atomic mass is 10.1. The van der Waals surface area contributed by atoms with Gasteiger partial charge < -0.3 is 9.84 Å². The topological polar surface area (TPSA) is 46.5 Å². The third-order valence-electron chi connectivity index (χ3n) is 2.76. The van der Waals surface area contributed by atoms with E-state index in [1.54, 1.807) is 0 Å². The van der Waals surface area contributed by atoms with E-state index < -0.39 is 23.3 Å². The van der Waals surface area contributed by atoms with Gasteiger partial charge in [0.2, 0.25) is 0 Å². The fourth-order valence-electron chi connectivity index (χ4n) is 1.72. The molecule has 1 N–H and O–H groups in total. The summed E-state index contributed by atoms with van der Waals surface area (Å²) in [7, 11) is 0. The molecule has 112 valence electrons. The predicted octanol–water partition coefficient (Wildman–Crippen LogP) is 4.09. The molecule has 3 nitrogen and oxygen atoms in total. The Morgan fingerprint density at radius 3 is 2.62 bits per heavy atom. The first kappa shape index (κ1) is 15.4. The molecule has 1 aromatic heterocycles. The number of alkyl halides is 3. The molecule has 0 amide bonds. The summed E-state index contributed by atoms with van der Waals surface area (Å²) in [5.74, 6) is -1.77. The zero-order chi connectivity index (χ0) is 15.5. The van der Waals surface area contributed by atoms with E-state index in [0.29, 0.717) is 12.5 Å². The van der Waals surface area contributed by atoms with Crippen LogP contribution in [-0.4, -0.2) is 17.7 Å². The molecule has 0 unspecified atom stereocenters. The van der Waals surface area contributed by atoms with Gasteiger partial charge in [0.15, 0.2) is 0 Å². The maximum absolute atomic E-state index is 12.9. The summed E-state index contributed by atoms with van der Waals surface area (Å²) in [5.41, 5.74) is -0.518. The van der Waals surface area contributed by atoms with E-state index >= 15 is 0 Å². The average Bonchev–Trinajstić information content (AvgIpc) is 2.90. The van der Waals surface area contributed by atoms with Gasteiger partial charge in [-0.2, -0.15) is 24.5 Å². The van der Waals surface area contributed by atoms with E-state index in [2.05, 4.69) is 0 Å². The Balaban J connectivity index is 2.16. The second-order valence-corrected chi connectivity index (χ2v) is 5.02. The van der Waals surface area contributed by atoms with E-state index in [4.69, 9.17) is 9.84 Å². The molecule has 0 atom stereocenters. The Bertz CT molecular complexity index is 621. The van der Waals surface area contributed by atoms with Crippen molar-refractivity contribution in [3.05, 3.63) is 51.7 Å². The zero-order valence-electron chi connectivity index (χ0n) is 10.7. The Labute approximate surface area is 122 Å². The van der Waals surface area contributed by atoms with Crippen molar-refractivity contribution in [1.82, 2.24) is 0 Å². The number of rotatable bonds is 5. The number of carboxylic acid groups (broad SMARTS) is 1. The molecule has 7 heteroatoms. The van der Waals surface area contributed by atoms with Gasteiger partial charge in [0.25, 0.3) is 0 Å². The van der Waals surface area contributed by atoms with Crippen molar-refractivity contribution < 1.29 is 27.8 Å². The SMILES string of the molecule is O=C(O)c1ccc(OCCc2ccsc2)c(C(F)(F)F)c1. The van der Waals surface area contributed by atoms with Crippen LogP contribution in [0.15, 0.2) is 35.0 Å². The molecule has 0 bridgehead atoms. The summed E-state index contributed by atoms with van der Waals surface area (Å²) in [6.07, 6.45) is -4.18. The summed E-state index contributed by atoms with van der Waals surface area (Å²) in [6, 6.07) is 4.59. The molecule has 0 radical (unpaired) electrons. The van der Waals surface area contributed by atoms with Crippen LogP contribution in [-0.2, 0) is 12.6 Å². The Morgan fingerprint density at radius 1 is 1.29 bits per heavy atom. The van der Waals surface area contributed by atoms with E-state index in [1.165, 1.54) is 11.3 Å². The molecule has 0 fully saturated rings. The van der Waals surface area contributed by atoms with Crippen molar-refractivity contribution in [3.63, 3.8) is 0 Å². The highest BCUT2D eigenvalue weighted by Crippen LogP contribution is 2.37. The minimum atomic E-state index is -4.66. The summed E-state index contributed by atoms with van der Waals surface area (Å²) in [6.45, 7) is 0.0895. The van der Waals surface area contributed by atoms with E-state index in [-0.39, 0.29) is 12.4 Å². The first-order valence-electron chi connectivity index (χ1n) is 5.96. The third kappa shape index (κ3) is 3.98. The highest BCUT2D eigenvalue weighted by Gasteiger charge is 2.35. The molecule has 1 aromatic carbocycles.